The van der Waals surface area contributed by atoms with Crippen molar-refractivity contribution in [2.75, 3.05) is 19.8 Å². The van der Waals surface area contributed by atoms with Crippen LogP contribution >= 0.6 is 0 Å². The molecule has 2 rings (SSSR count). The van der Waals surface area contributed by atoms with Crippen molar-refractivity contribution in [3.63, 3.8) is 0 Å². The first-order valence-corrected chi connectivity index (χ1v) is 8.40. The van der Waals surface area contributed by atoms with Gasteiger partial charge in [-0.1, -0.05) is 30.3 Å². The third kappa shape index (κ3) is 5.39. The molecule has 2 aromatic rings. The predicted molar refractivity (Wildman–Crippen MR) is 95.4 cm³/mol. The lowest BCUT2D eigenvalue weighted by atomic mass is 10.1. The minimum atomic E-state index is -0.0771. The number of ether oxygens (including phenoxy) is 2. The fraction of sp³-hybridized carbons (Fsp3) is 0.350. The standard InChI is InChI=1S/C20H25NO3/c1-3-23-15-18-14-17(10-11-19(18)24-4-2)20(22)21-13-12-16-8-6-5-7-9-16/h5-11,14H,3-4,12-13,15H2,1-2H3,(H,21,22). The van der Waals surface area contributed by atoms with Gasteiger partial charge in [-0.05, 0) is 44.0 Å². The summed E-state index contributed by atoms with van der Waals surface area (Å²) in [5, 5.41) is 2.96. The Morgan fingerprint density at radius 3 is 2.54 bits per heavy atom. The van der Waals surface area contributed by atoms with Crippen LogP contribution in [0.2, 0.25) is 0 Å². The van der Waals surface area contributed by atoms with Crippen LogP contribution in [0.3, 0.4) is 0 Å². The Hall–Kier alpha value is -2.33. The van der Waals surface area contributed by atoms with Gasteiger partial charge in [0.2, 0.25) is 0 Å². The average Bonchev–Trinajstić information content (AvgIpc) is 2.62. The Morgan fingerprint density at radius 1 is 1.04 bits per heavy atom. The van der Waals surface area contributed by atoms with E-state index in [0.717, 1.165) is 17.7 Å². The lowest BCUT2D eigenvalue weighted by Gasteiger charge is -2.12. The van der Waals surface area contributed by atoms with Gasteiger partial charge < -0.3 is 14.8 Å². The highest BCUT2D eigenvalue weighted by atomic mass is 16.5. The van der Waals surface area contributed by atoms with Gasteiger partial charge in [-0.25, -0.2) is 0 Å². The molecule has 0 bridgehead atoms. The van der Waals surface area contributed by atoms with E-state index in [4.69, 9.17) is 9.47 Å². The van der Waals surface area contributed by atoms with Gasteiger partial charge in [-0.2, -0.15) is 0 Å². The second kappa shape index (κ2) is 9.73. The molecular weight excluding hydrogens is 302 g/mol. The third-order valence-corrected chi connectivity index (χ3v) is 3.63. The SMILES string of the molecule is CCOCc1cc(C(=O)NCCc2ccccc2)ccc1OCC. The number of hydrogen-bond acceptors (Lipinski definition) is 3. The van der Waals surface area contributed by atoms with Crippen molar-refractivity contribution in [1.29, 1.82) is 0 Å². The molecule has 1 N–H and O–H groups in total. The van der Waals surface area contributed by atoms with Crippen LogP contribution in [0.4, 0.5) is 0 Å². The minimum Gasteiger partial charge on any atom is -0.494 e. The van der Waals surface area contributed by atoms with Crippen LogP contribution in [0.25, 0.3) is 0 Å². The summed E-state index contributed by atoms with van der Waals surface area (Å²) in [5.41, 5.74) is 2.73. The van der Waals surface area contributed by atoms with Gasteiger partial charge in [0.25, 0.3) is 5.91 Å². The van der Waals surface area contributed by atoms with Crippen molar-refractivity contribution in [1.82, 2.24) is 5.32 Å². The molecule has 0 heterocycles. The summed E-state index contributed by atoms with van der Waals surface area (Å²) in [7, 11) is 0. The Kier molecular flexibility index (Phi) is 7.30. The van der Waals surface area contributed by atoms with E-state index < -0.39 is 0 Å². The Morgan fingerprint density at radius 2 is 1.83 bits per heavy atom. The van der Waals surface area contributed by atoms with Gasteiger partial charge in [0.15, 0.2) is 0 Å². The molecule has 0 spiro atoms. The highest BCUT2D eigenvalue weighted by Crippen LogP contribution is 2.21. The van der Waals surface area contributed by atoms with Gasteiger partial charge in [0, 0.05) is 24.3 Å². The van der Waals surface area contributed by atoms with Crippen LogP contribution in [0, 0.1) is 0 Å². The molecule has 4 heteroatoms. The molecule has 0 fully saturated rings. The maximum atomic E-state index is 12.3. The molecule has 0 saturated carbocycles. The number of amides is 1. The molecule has 2 aromatic carbocycles. The molecule has 0 unspecified atom stereocenters. The van der Waals surface area contributed by atoms with E-state index >= 15 is 0 Å². The van der Waals surface area contributed by atoms with Crippen molar-refractivity contribution >= 4 is 5.91 Å². The van der Waals surface area contributed by atoms with Crippen molar-refractivity contribution in [2.24, 2.45) is 0 Å². The summed E-state index contributed by atoms with van der Waals surface area (Å²) in [5.74, 6) is 0.693. The minimum absolute atomic E-state index is 0.0771. The van der Waals surface area contributed by atoms with E-state index in [1.54, 1.807) is 6.07 Å². The molecule has 0 radical (unpaired) electrons. The summed E-state index contributed by atoms with van der Waals surface area (Å²) in [6, 6.07) is 15.6. The van der Waals surface area contributed by atoms with E-state index in [1.165, 1.54) is 5.56 Å². The Bertz CT molecular complexity index is 641. The Balaban J connectivity index is 1.97. The van der Waals surface area contributed by atoms with E-state index in [-0.39, 0.29) is 5.91 Å². The molecule has 24 heavy (non-hydrogen) atoms. The number of hydrogen-bond donors (Lipinski definition) is 1. The number of rotatable bonds is 9. The van der Waals surface area contributed by atoms with Crippen molar-refractivity contribution < 1.29 is 14.3 Å². The van der Waals surface area contributed by atoms with Crippen LogP contribution in [0.15, 0.2) is 48.5 Å². The maximum absolute atomic E-state index is 12.3. The fourth-order valence-corrected chi connectivity index (χ4v) is 2.41. The smallest absolute Gasteiger partial charge is 0.251 e. The zero-order valence-corrected chi connectivity index (χ0v) is 14.4. The molecule has 1 amide bonds. The molecule has 0 aromatic heterocycles. The first-order chi connectivity index (χ1) is 11.7. The third-order valence-electron chi connectivity index (χ3n) is 3.63. The first-order valence-electron chi connectivity index (χ1n) is 8.40. The first kappa shape index (κ1) is 18.0. The monoisotopic (exact) mass is 327 g/mol. The summed E-state index contributed by atoms with van der Waals surface area (Å²) in [6.45, 7) is 6.14. The molecule has 0 aliphatic heterocycles. The van der Waals surface area contributed by atoms with Crippen LogP contribution in [0.5, 0.6) is 5.75 Å². The van der Waals surface area contributed by atoms with Crippen molar-refractivity contribution in [3.8, 4) is 5.75 Å². The summed E-state index contributed by atoms with van der Waals surface area (Å²) in [6.07, 6.45) is 0.815. The van der Waals surface area contributed by atoms with Crippen LogP contribution in [-0.2, 0) is 17.8 Å². The van der Waals surface area contributed by atoms with Gasteiger partial charge in [0.05, 0.1) is 13.2 Å². The van der Waals surface area contributed by atoms with Crippen LogP contribution < -0.4 is 10.1 Å². The van der Waals surface area contributed by atoms with E-state index in [2.05, 4.69) is 17.4 Å². The summed E-state index contributed by atoms with van der Waals surface area (Å²) in [4.78, 5) is 12.3. The quantitative estimate of drug-likeness (QED) is 0.765. The molecule has 4 nitrogen and oxygen atoms in total. The zero-order chi connectivity index (χ0) is 17.2. The normalized spacial score (nSPS) is 10.4. The molecule has 0 aliphatic carbocycles. The Labute approximate surface area is 143 Å². The lowest BCUT2D eigenvalue weighted by molar-refractivity contribution is 0.0953. The number of benzene rings is 2. The largest absolute Gasteiger partial charge is 0.494 e. The highest BCUT2D eigenvalue weighted by molar-refractivity contribution is 5.94. The van der Waals surface area contributed by atoms with Crippen LogP contribution in [0.1, 0.15) is 35.3 Å². The highest BCUT2D eigenvalue weighted by Gasteiger charge is 2.10. The molecular formula is C20H25NO3. The predicted octanol–water partition coefficient (Wildman–Crippen LogP) is 3.59. The average molecular weight is 327 g/mol. The van der Waals surface area contributed by atoms with E-state index in [1.807, 2.05) is 44.2 Å². The fourth-order valence-electron chi connectivity index (χ4n) is 2.41. The topological polar surface area (TPSA) is 47.6 Å². The van der Waals surface area contributed by atoms with E-state index in [9.17, 15) is 4.79 Å². The van der Waals surface area contributed by atoms with Gasteiger partial charge in [-0.15, -0.1) is 0 Å². The molecule has 128 valence electrons. The zero-order valence-electron chi connectivity index (χ0n) is 14.4. The summed E-state index contributed by atoms with van der Waals surface area (Å²) < 4.78 is 11.1. The second-order valence-electron chi connectivity index (χ2n) is 5.38. The number of carbonyl (C=O) groups excluding carboxylic acids is 1. The molecule has 0 atom stereocenters. The van der Waals surface area contributed by atoms with Crippen molar-refractivity contribution in [2.45, 2.75) is 26.9 Å². The van der Waals surface area contributed by atoms with Crippen molar-refractivity contribution in [3.05, 3.63) is 65.2 Å². The van der Waals surface area contributed by atoms with Gasteiger partial charge in [0.1, 0.15) is 5.75 Å². The second-order valence-corrected chi connectivity index (χ2v) is 5.38. The number of carbonyl (C=O) groups is 1. The van der Waals surface area contributed by atoms with Gasteiger partial charge >= 0.3 is 0 Å². The molecule has 0 aliphatic rings. The maximum Gasteiger partial charge on any atom is 0.251 e. The van der Waals surface area contributed by atoms with Gasteiger partial charge in [-0.3, -0.25) is 4.79 Å². The lowest BCUT2D eigenvalue weighted by Crippen LogP contribution is -2.25. The van der Waals surface area contributed by atoms with E-state index in [0.29, 0.717) is 31.9 Å². The molecule has 0 saturated heterocycles. The number of nitrogens with one attached hydrogen (secondary N) is 1. The summed E-state index contributed by atoms with van der Waals surface area (Å²) >= 11 is 0. The van der Waals surface area contributed by atoms with Crippen LogP contribution in [-0.4, -0.2) is 25.7 Å².